The lowest BCUT2D eigenvalue weighted by molar-refractivity contribution is -0.119. The zero-order valence-electron chi connectivity index (χ0n) is 8.89. The minimum absolute atomic E-state index is 0.155. The Balaban J connectivity index is 2.71. The first-order valence-corrected chi connectivity index (χ1v) is 4.94. The average Bonchev–Trinajstić information content (AvgIpc) is 2.35. The van der Waals surface area contributed by atoms with E-state index in [0.717, 1.165) is 5.69 Å². The number of nitrogens with two attached hydrogens (primary N) is 1. The molecule has 0 radical (unpaired) electrons. The number of rotatable bonds is 5. The van der Waals surface area contributed by atoms with Crippen molar-refractivity contribution in [3.63, 3.8) is 0 Å². The first-order chi connectivity index (χ1) is 7.77. The maximum Gasteiger partial charge on any atom is 0.253 e. The number of nitrogens with zero attached hydrogens (tertiary/aromatic N) is 2. The lowest BCUT2D eigenvalue weighted by Gasteiger charge is -2.22. The van der Waals surface area contributed by atoms with Crippen LogP contribution in [-0.2, 0) is 4.79 Å². The van der Waals surface area contributed by atoms with E-state index >= 15 is 0 Å². The maximum absolute atomic E-state index is 11.2. The van der Waals surface area contributed by atoms with Crippen molar-refractivity contribution in [2.24, 2.45) is 5.84 Å². The molecule has 16 heavy (non-hydrogen) atoms. The van der Waals surface area contributed by atoms with E-state index in [0.29, 0.717) is 13.0 Å². The molecule has 0 atom stereocenters. The molecule has 1 aromatic rings. The van der Waals surface area contributed by atoms with Gasteiger partial charge in [-0.05, 0) is 12.1 Å². The second-order valence-electron chi connectivity index (χ2n) is 3.23. The molecule has 0 aliphatic rings. The summed E-state index contributed by atoms with van der Waals surface area (Å²) in [5, 5.41) is 8.55. The first kappa shape index (κ1) is 12.0. The van der Waals surface area contributed by atoms with Crippen LogP contribution in [-0.4, -0.2) is 19.0 Å². The lowest BCUT2D eigenvalue weighted by atomic mass is 10.2. The minimum Gasteiger partial charge on any atom is -0.361 e. The molecule has 0 aromatic heterocycles. The molecular weight excluding hydrogens is 204 g/mol. The summed E-state index contributed by atoms with van der Waals surface area (Å²) in [6.45, 7) is 0.663. The number of carbonyl (C=O) groups is 1. The zero-order valence-corrected chi connectivity index (χ0v) is 8.89. The molecule has 0 unspecified atom stereocenters. The number of hydrogen-bond acceptors (Lipinski definition) is 4. The molecule has 0 fully saturated rings. The molecule has 84 valence electrons. The van der Waals surface area contributed by atoms with Gasteiger partial charge in [-0.15, -0.1) is 0 Å². The summed E-state index contributed by atoms with van der Waals surface area (Å²) in [5.74, 6) is 4.76. The third-order valence-corrected chi connectivity index (χ3v) is 2.11. The maximum atomic E-state index is 11.2. The van der Waals surface area contributed by atoms with Crippen LogP contribution >= 0.6 is 0 Å². The molecule has 0 spiro atoms. The predicted octanol–water partition coefficient (Wildman–Crippen LogP) is 0.397. The Labute approximate surface area is 94.4 Å². The highest BCUT2D eigenvalue weighted by Gasteiger charge is 2.09. The van der Waals surface area contributed by atoms with Crippen LogP contribution in [0.4, 0.5) is 5.69 Å². The molecule has 0 saturated carbocycles. The number of benzene rings is 1. The number of hydrazine groups is 1. The molecule has 1 aromatic carbocycles. The van der Waals surface area contributed by atoms with Crippen molar-refractivity contribution in [1.29, 1.82) is 5.26 Å². The van der Waals surface area contributed by atoms with E-state index in [1.807, 2.05) is 35.2 Å². The molecule has 1 amide bonds. The van der Waals surface area contributed by atoms with E-state index < -0.39 is 0 Å². The van der Waals surface area contributed by atoms with E-state index in [4.69, 9.17) is 11.1 Å². The van der Waals surface area contributed by atoms with E-state index in [1.165, 1.54) is 0 Å². The SMILES string of the molecule is N#CCCN(CC(=O)NN)c1ccccc1. The number of nitrogens with one attached hydrogen (secondary N) is 1. The van der Waals surface area contributed by atoms with Gasteiger partial charge in [0.1, 0.15) is 0 Å². The fourth-order valence-electron chi connectivity index (χ4n) is 1.34. The quantitative estimate of drug-likeness (QED) is 0.425. The Kier molecular flexibility index (Phi) is 4.83. The smallest absolute Gasteiger partial charge is 0.253 e. The molecule has 3 N–H and O–H groups in total. The number of carbonyl (C=O) groups excluding carboxylic acids is 1. The highest BCUT2D eigenvalue weighted by Crippen LogP contribution is 2.12. The number of anilines is 1. The molecule has 0 heterocycles. The Morgan fingerprint density at radius 1 is 1.44 bits per heavy atom. The predicted molar refractivity (Wildman–Crippen MR) is 61.2 cm³/mol. The molecule has 1 rings (SSSR count). The van der Waals surface area contributed by atoms with Crippen LogP contribution in [0.1, 0.15) is 6.42 Å². The molecule has 0 aliphatic heterocycles. The Bertz CT molecular complexity index is 371. The Morgan fingerprint density at radius 3 is 2.69 bits per heavy atom. The third kappa shape index (κ3) is 3.59. The van der Waals surface area contributed by atoms with E-state index in [-0.39, 0.29) is 12.5 Å². The van der Waals surface area contributed by atoms with Gasteiger partial charge in [0.05, 0.1) is 19.0 Å². The van der Waals surface area contributed by atoms with E-state index in [2.05, 4.69) is 11.5 Å². The van der Waals surface area contributed by atoms with Crippen LogP contribution in [0.15, 0.2) is 30.3 Å². The second kappa shape index (κ2) is 6.43. The topological polar surface area (TPSA) is 82.2 Å². The van der Waals surface area contributed by atoms with Crippen molar-refractivity contribution < 1.29 is 4.79 Å². The van der Waals surface area contributed by atoms with Gasteiger partial charge < -0.3 is 4.90 Å². The third-order valence-electron chi connectivity index (χ3n) is 2.11. The molecule has 5 heteroatoms. The molecule has 5 nitrogen and oxygen atoms in total. The van der Waals surface area contributed by atoms with Crippen molar-refractivity contribution in [3.05, 3.63) is 30.3 Å². The van der Waals surface area contributed by atoms with Gasteiger partial charge in [-0.2, -0.15) is 5.26 Å². The van der Waals surface area contributed by atoms with Crippen LogP contribution in [0.5, 0.6) is 0 Å². The average molecular weight is 218 g/mol. The molecule has 0 bridgehead atoms. The minimum atomic E-state index is -0.276. The van der Waals surface area contributed by atoms with Crippen molar-refractivity contribution in [3.8, 4) is 6.07 Å². The Morgan fingerprint density at radius 2 is 2.12 bits per heavy atom. The highest BCUT2D eigenvalue weighted by molar-refractivity contribution is 5.80. The van der Waals surface area contributed by atoms with Gasteiger partial charge in [0, 0.05) is 12.2 Å². The number of amides is 1. The van der Waals surface area contributed by atoms with Gasteiger partial charge in [0.2, 0.25) is 0 Å². The van der Waals surface area contributed by atoms with Crippen LogP contribution in [0.25, 0.3) is 0 Å². The second-order valence-corrected chi connectivity index (χ2v) is 3.23. The highest BCUT2D eigenvalue weighted by atomic mass is 16.2. The van der Waals surface area contributed by atoms with Crippen LogP contribution in [0.3, 0.4) is 0 Å². The molecular formula is C11H14N4O. The summed E-state index contributed by atoms with van der Waals surface area (Å²) in [6, 6.07) is 11.5. The summed E-state index contributed by atoms with van der Waals surface area (Å²) < 4.78 is 0. The monoisotopic (exact) mass is 218 g/mol. The van der Waals surface area contributed by atoms with Gasteiger partial charge in [-0.1, -0.05) is 18.2 Å². The van der Waals surface area contributed by atoms with Gasteiger partial charge in [0.25, 0.3) is 5.91 Å². The van der Waals surface area contributed by atoms with Crippen molar-refractivity contribution in [1.82, 2.24) is 5.43 Å². The van der Waals surface area contributed by atoms with E-state index in [9.17, 15) is 4.79 Å². The standard InChI is InChI=1S/C11H14N4O/c12-7-4-8-15(9-11(16)14-13)10-5-2-1-3-6-10/h1-3,5-6H,4,8-9,13H2,(H,14,16). The van der Waals surface area contributed by atoms with Gasteiger partial charge in [-0.25, -0.2) is 5.84 Å². The lowest BCUT2D eigenvalue weighted by Crippen LogP contribution is -2.40. The molecule has 0 saturated heterocycles. The zero-order chi connectivity index (χ0) is 11.8. The van der Waals surface area contributed by atoms with E-state index in [1.54, 1.807) is 0 Å². The summed E-state index contributed by atoms with van der Waals surface area (Å²) in [7, 11) is 0. The normalized spacial score (nSPS) is 9.25. The largest absolute Gasteiger partial charge is 0.361 e. The van der Waals surface area contributed by atoms with Crippen molar-refractivity contribution in [2.75, 3.05) is 18.0 Å². The van der Waals surface area contributed by atoms with Crippen molar-refractivity contribution in [2.45, 2.75) is 6.42 Å². The van der Waals surface area contributed by atoms with Gasteiger partial charge in [0.15, 0.2) is 0 Å². The van der Waals surface area contributed by atoms with Crippen LogP contribution < -0.4 is 16.2 Å². The molecule has 0 aliphatic carbocycles. The fraction of sp³-hybridized carbons (Fsp3) is 0.273. The summed E-state index contributed by atoms with van der Waals surface area (Å²) in [4.78, 5) is 13.0. The summed E-state index contributed by atoms with van der Waals surface area (Å²) in [6.07, 6.45) is 0.368. The fourth-order valence-corrected chi connectivity index (χ4v) is 1.34. The number of para-hydroxylation sites is 1. The van der Waals surface area contributed by atoms with Gasteiger partial charge >= 0.3 is 0 Å². The number of nitriles is 1. The Hall–Kier alpha value is -2.06. The van der Waals surface area contributed by atoms with Crippen LogP contribution in [0, 0.1) is 11.3 Å². The summed E-state index contributed by atoms with van der Waals surface area (Å²) >= 11 is 0. The van der Waals surface area contributed by atoms with Crippen molar-refractivity contribution >= 4 is 11.6 Å². The van der Waals surface area contributed by atoms with Crippen LogP contribution in [0.2, 0.25) is 0 Å². The number of hydrogen-bond donors (Lipinski definition) is 2. The first-order valence-electron chi connectivity index (χ1n) is 4.94. The van der Waals surface area contributed by atoms with Gasteiger partial charge in [-0.3, -0.25) is 10.2 Å². The summed E-state index contributed by atoms with van der Waals surface area (Å²) in [5.41, 5.74) is 2.98.